The van der Waals surface area contributed by atoms with Gasteiger partial charge in [0, 0.05) is 25.0 Å². The average molecular weight is 359 g/mol. The molecular formula is C20H29N3O3. The number of benzene rings is 1. The van der Waals surface area contributed by atoms with Crippen LogP contribution in [0.3, 0.4) is 0 Å². The summed E-state index contributed by atoms with van der Waals surface area (Å²) in [5, 5.41) is 15.6. The molecule has 2 aliphatic rings. The highest BCUT2D eigenvalue weighted by Crippen LogP contribution is 2.37. The zero-order valence-corrected chi connectivity index (χ0v) is 15.3. The number of nitrogens with two attached hydrogens (primary N) is 1. The molecule has 0 aromatic heterocycles. The van der Waals surface area contributed by atoms with Gasteiger partial charge in [0.05, 0.1) is 6.04 Å². The smallest absolute Gasteiger partial charge is 0.303 e. The fourth-order valence-corrected chi connectivity index (χ4v) is 4.33. The van der Waals surface area contributed by atoms with E-state index in [2.05, 4.69) is 41.8 Å². The topological polar surface area (TPSA) is 104 Å². The van der Waals surface area contributed by atoms with E-state index in [4.69, 9.17) is 10.8 Å². The third-order valence-corrected chi connectivity index (χ3v) is 5.95. The van der Waals surface area contributed by atoms with Crippen LogP contribution in [0, 0.1) is 5.92 Å². The van der Waals surface area contributed by atoms with E-state index in [1.165, 1.54) is 5.56 Å². The maximum absolute atomic E-state index is 11.5. The van der Waals surface area contributed by atoms with E-state index in [1.807, 2.05) is 0 Å². The molecule has 3 unspecified atom stereocenters. The molecule has 3 atom stereocenters. The van der Waals surface area contributed by atoms with E-state index in [1.54, 1.807) is 0 Å². The summed E-state index contributed by atoms with van der Waals surface area (Å²) in [7, 11) is 0. The number of piperazine rings is 1. The van der Waals surface area contributed by atoms with Crippen molar-refractivity contribution in [3.05, 3.63) is 35.4 Å². The number of carboxylic acids is 1. The molecule has 2 fully saturated rings. The van der Waals surface area contributed by atoms with Crippen molar-refractivity contribution in [1.29, 1.82) is 0 Å². The molecule has 6 nitrogen and oxygen atoms in total. The highest BCUT2D eigenvalue weighted by atomic mass is 16.4. The lowest BCUT2D eigenvalue weighted by atomic mass is 9.77. The minimum atomic E-state index is -0.685. The summed E-state index contributed by atoms with van der Waals surface area (Å²) in [4.78, 5) is 22.3. The first kappa shape index (κ1) is 18.9. The molecule has 1 heterocycles. The molecule has 26 heavy (non-hydrogen) atoms. The molecule has 1 aliphatic carbocycles. The van der Waals surface area contributed by atoms with Gasteiger partial charge in [0.25, 0.3) is 0 Å². The summed E-state index contributed by atoms with van der Waals surface area (Å²) in [5.41, 5.74) is 7.91. The van der Waals surface area contributed by atoms with E-state index in [9.17, 15) is 9.59 Å². The molecule has 1 aromatic rings. The highest BCUT2D eigenvalue weighted by molar-refractivity contribution is 5.80. The van der Waals surface area contributed by atoms with E-state index in [-0.39, 0.29) is 24.0 Å². The first-order valence-corrected chi connectivity index (χ1v) is 9.54. The Kier molecular flexibility index (Phi) is 5.94. The van der Waals surface area contributed by atoms with Gasteiger partial charge in [0.1, 0.15) is 0 Å². The second-order valence-electron chi connectivity index (χ2n) is 7.78. The highest BCUT2D eigenvalue weighted by Gasteiger charge is 2.30. The minimum Gasteiger partial charge on any atom is -0.481 e. The standard InChI is InChI=1S/C20H29N3O3/c1-12-19(23-17(11-22-12)20(21)26)16-8-6-15(7-9-16)14-4-2-13(3-5-14)10-18(24)25/h6-9,12-14,17,19,22-23H,2-5,10-11H2,1H3,(H2,21,26)(H,24,25). The Morgan fingerprint density at radius 3 is 2.31 bits per heavy atom. The van der Waals surface area contributed by atoms with Gasteiger partial charge in [-0.15, -0.1) is 0 Å². The van der Waals surface area contributed by atoms with Crippen LogP contribution in [0.5, 0.6) is 0 Å². The molecule has 1 saturated carbocycles. The first-order valence-electron chi connectivity index (χ1n) is 9.54. The third-order valence-electron chi connectivity index (χ3n) is 5.95. The Hall–Kier alpha value is -1.92. The van der Waals surface area contributed by atoms with Crippen LogP contribution in [0.4, 0.5) is 0 Å². The molecule has 1 aromatic carbocycles. The van der Waals surface area contributed by atoms with E-state index >= 15 is 0 Å². The number of rotatable bonds is 5. The summed E-state index contributed by atoms with van der Waals surface area (Å²) < 4.78 is 0. The van der Waals surface area contributed by atoms with Gasteiger partial charge in [-0.2, -0.15) is 0 Å². The van der Waals surface area contributed by atoms with Crippen LogP contribution in [-0.2, 0) is 9.59 Å². The normalized spacial score (nSPS) is 32.1. The van der Waals surface area contributed by atoms with Gasteiger partial charge >= 0.3 is 5.97 Å². The van der Waals surface area contributed by atoms with Gasteiger partial charge in [-0.05, 0) is 55.6 Å². The van der Waals surface area contributed by atoms with Crippen LogP contribution < -0.4 is 16.4 Å². The number of carbonyl (C=O) groups is 2. The van der Waals surface area contributed by atoms with Crippen LogP contribution in [0.1, 0.15) is 62.1 Å². The number of aliphatic carboxylic acids is 1. The lowest BCUT2D eigenvalue weighted by Gasteiger charge is -2.36. The Morgan fingerprint density at radius 2 is 1.73 bits per heavy atom. The van der Waals surface area contributed by atoms with Crippen molar-refractivity contribution in [2.75, 3.05) is 6.54 Å². The molecule has 6 heteroatoms. The fourth-order valence-electron chi connectivity index (χ4n) is 4.33. The minimum absolute atomic E-state index is 0.0570. The zero-order valence-electron chi connectivity index (χ0n) is 15.3. The van der Waals surface area contributed by atoms with Crippen molar-refractivity contribution in [3.63, 3.8) is 0 Å². The lowest BCUT2D eigenvalue weighted by Crippen LogP contribution is -2.59. The van der Waals surface area contributed by atoms with Crippen LogP contribution in [-0.4, -0.2) is 35.6 Å². The summed E-state index contributed by atoms with van der Waals surface area (Å²) in [6.45, 7) is 2.66. The number of carboxylic acid groups (broad SMARTS) is 1. The summed E-state index contributed by atoms with van der Waals surface area (Å²) >= 11 is 0. The SMILES string of the molecule is CC1NCC(C(N)=O)NC1c1ccc(C2CCC(CC(=O)O)CC2)cc1. The maximum atomic E-state index is 11.5. The number of hydrogen-bond acceptors (Lipinski definition) is 4. The maximum Gasteiger partial charge on any atom is 0.303 e. The van der Waals surface area contributed by atoms with E-state index in [0.717, 1.165) is 31.2 Å². The predicted octanol–water partition coefficient (Wildman–Crippen LogP) is 1.91. The van der Waals surface area contributed by atoms with Gasteiger partial charge in [0.15, 0.2) is 0 Å². The quantitative estimate of drug-likeness (QED) is 0.643. The van der Waals surface area contributed by atoms with E-state index < -0.39 is 5.97 Å². The molecule has 1 saturated heterocycles. The monoisotopic (exact) mass is 359 g/mol. The van der Waals surface area contributed by atoms with Crippen LogP contribution in [0.15, 0.2) is 24.3 Å². The zero-order chi connectivity index (χ0) is 18.7. The van der Waals surface area contributed by atoms with Gasteiger partial charge in [-0.3, -0.25) is 14.9 Å². The molecule has 0 radical (unpaired) electrons. The van der Waals surface area contributed by atoms with Crippen molar-refractivity contribution in [3.8, 4) is 0 Å². The molecular weight excluding hydrogens is 330 g/mol. The Bertz CT molecular complexity index is 638. The molecule has 1 amide bonds. The van der Waals surface area contributed by atoms with Crippen LogP contribution in [0.25, 0.3) is 0 Å². The average Bonchev–Trinajstić information content (AvgIpc) is 2.62. The number of nitrogens with one attached hydrogen (secondary N) is 2. The number of carbonyl (C=O) groups excluding carboxylic acids is 1. The fraction of sp³-hybridized carbons (Fsp3) is 0.600. The summed E-state index contributed by atoms with van der Waals surface area (Å²) in [6, 6.07) is 8.57. The van der Waals surface area contributed by atoms with Gasteiger partial charge < -0.3 is 16.2 Å². The number of hydrogen-bond donors (Lipinski definition) is 4. The third kappa shape index (κ3) is 4.43. The van der Waals surface area contributed by atoms with Crippen molar-refractivity contribution in [2.45, 2.75) is 63.1 Å². The largest absolute Gasteiger partial charge is 0.481 e. The Balaban J connectivity index is 1.62. The predicted molar refractivity (Wildman–Crippen MR) is 99.7 cm³/mol. The second-order valence-corrected chi connectivity index (χ2v) is 7.78. The first-order chi connectivity index (χ1) is 12.4. The second kappa shape index (κ2) is 8.18. The van der Waals surface area contributed by atoms with E-state index in [0.29, 0.717) is 24.8 Å². The summed E-state index contributed by atoms with van der Waals surface area (Å²) in [5.74, 6) is -0.173. The number of amides is 1. The molecule has 1 aliphatic heterocycles. The molecule has 0 spiro atoms. The lowest BCUT2D eigenvalue weighted by molar-refractivity contribution is -0.138. The van der Waals surface area contributed by atoms with Crippen molar-refractivity contribution < 1.29 is 14.7 Å². The molecule has 3 rings (SSSR count). The van der Waals surface area contributed by atoms with Crippen molar-refractivity contribution in [1.82, 2.24) is 10.6 Å². The Morgan fingerprint density at radius 1 is 1.12 bits per heavy atom. The van der Waals surface area contributed by atoms with Gasteiger partial charge in [-0.1, -0.05) is 24.3 Å². The van der Waals surface area contributed by atoms with Crippen molar-refractivity contribution >= 4 is 11.9 Å². The van der Waals surface area contributed by atoms with Crippen LogP contribution in [0.2, 0.25) is 0 Å². The Labute approximate surface area is 154 Å². The van der Waals surface area contributed by atoms with Gasteiger partial charge in [0.2, 0.25) is 5.91 Å². The van der Waals surface area contributed by atoms with Gasteiger partial charge in [-0.25, -0.2) is 0 Å². The van der Waals surface area contributed by atoms with Crippen LogP contribution >= 0.6 is 0 Å². The number of primary amides is 1. The molecule has 142 valence electrons. The summed E-state index contributed by atoms with van der Waals surface area (Å²) in [6.07, 6.45) is 4.39. The molecule has 5 N–H and O–H groups in total. The molecule has 0 bridgehead atoms. The van der Waals surface area contributed by atoms with Crippen molar-refractivity contribution in [2.24, 2.45) is 11.7 Å².